The van der Waals surface area contributed by atoms with Gasteiger partial charge in [-0.15, -0.1) is 0 Å². The van der Waals surface area contributed by atoms with Gasteiger partial charge in [0, 0.05) is 43.2 Å². The number of aromatic nitrogens is 3. The summed E-state index contributed by atoms with van der Waals surface area (Å²) in [5.41, 5.74) is 6.80. The van der Waals surface area contributed by atoms with Crippen LogP contribution in [0.1, 0.15) is 24.8 Å². The first-order valence-corrected chi connectivity index (χ1v) is 6.84. The molecule has 0 radical (unpaired) electrons. The summed E-state index contributed by atoms with van der Waals surface area (Å²) >= 11 is 0. The van der Waals surface area contributed by atoms with Gasteiger partial charge in [0.1, 0.15) is 0 Å². The molecule has 0 unspecified atom stereocenters. The van der Waals surface area contributed by atoms with Crippen molar-refractivity contribution in [3.63, 3.8) is 0 Å². The van der Waals surface area contributed by atoms with Crippen LogP contribution in [-0.2, 0) is 6.54 Å². The zero-order chi connectivity index (χ0) is 12.9. The minimum Gasteiger partial charge on any atom is -0.277 e. The molecule has 0 amide bonds. The van der Waals surface area contributed by atoms with Crippen LogP contribution in [0.25, 0.3) is 11.3 Å². The molecule has 2 N–H and O–H groups in total. The molecule has 0 bridgehead atoms. The Morgan fingerprint density at radius 2 is 2.11 bits per heavy atom. The summed E-state index contributed by atoms with van der Waals surface area (Å²) in [6.07, 6.45) is 9.45. The fourth-order valence-corrected chi connectivity index (χ4v) is 2.45. The van der Waals surface area contributed by atoms with Gasteiger partial charge in [0.25, 0.3) is 0 Å². The normalized spacial score (nSPS) is 16.6. The predicted octanol–water partition coefficient (Wildman–Crippen LogP) is 1.96. The summed E-state index contributed by atoms with van der Waals surface area (Å²) in [6.45, 7) is 3.08. The summed E-state index contributed by atoms with van der Waals surface area (Å²) in [5.74, 6) is 0. The van der Waals surface area contributed by atoms with E-state index in [9.17, 15) is 0 Å². The van der Waals surface area contributed by atoms with Crippen molar-refractivity contribution in [3.05, 3.63) is 36.3 Å². The van der Waals surface area contributed by atoms with Crippen molar-refractivity contribution in [3.8, 4) is 11.3 Å². The number of nitrogens with one attached hydrogen (secondary N) is 2. The molecule has 2 aromatic heterocycles. The second-order valence-corrected chi connectivity index (χ2v) is 4.89. The molecular formula is C14H19N5. The van der Waals surface area contributed by atoms with Crippen LogP contribution < -0.4 is 5.43 Å². The van der Waals surface area contributed by atoms with Crippen molar-refractivity contribution in [1.29, 1.82) is 0 Å². The number of H-pyrrole nitrogens is 1. The fourth-order valence-electron chi connectivity index (χ4n) is 2.45. The molecule has 19 heavy (non-hydrogen) atoms. The van der Waals surface area contributed by atoms with Crippen LogP contribution >= 0.6 is 0 Å². The van der Waals surface area contributed by atoms with Gasteiger partial charge in [0.15, 0.2) is 0 Å². The number of nitrogens with zero attached hydrogens (tertiary/aromatic N) is 3. The maximum absolute atomic E-state index is 4.15. The van der Waals surface area contributed by atoms with Crippen LogP contribution in [0.15, 0.2) is 30.7 Å². The van der Waals surface area contributed by atoms with E-state index in [4.69, 9.17) is 0 Å². The molecule has 1 aliphatic rings. The van der Waals surface area contributed by atoms with Gasteiger partial charge in [-0.05, 0) is 25.0 Å². The van der Waals surface area contributed by atoms with Crippen molar-refractivity contribution >= 4 is 0 Å². The Balaban J connectivity index is 1.67. The Labute approximate surface area is 113 Å². The monoisotopic (exact) mass is 257 g/mol. The molecule has 1 aliphatic heterocycles. The predicted molar refractivity (Wildman–Crippen MR) is 74.1 cm³/mol. The van der Waals surface area contributed by atoms with E-state index < -0.39 is 0 Å². The first-order chi connectivity index (χ1) is 9.43. The standard InChI is InChI=1S/C14H19N5/c1-2-7-19(8-3-1)17-11-13-10-16-18-14(13)12-5-4-6-15-9-12/h4-6,9-10,17H,1-3,7-8,11H2,(H,16,18). The highest BCUT2D eigenvalue weighted by molar-refractivity contribution is 5.61. The van der Waals surface area contributed by atoms with Crippen molar-refractivity contribution in [2.24, 2.45) is 0 Å². The molecule has 2 aromatic rings. The Hall–Kier alpha value is -1.72. The first-order valence-electron chi connectivity index (χ1n) is 6.84. The molecule has 1 saturated heterocycles. The maximum Gasteiger partial charge on any atom is 0.0711 e. The van der Waals surface area contributed by atoms with Crippen molar-refractivity contribution in [1.82, 2.24) is 25.6 Å². The number of hydrogen-bond acceptors (Lipinski definition) is 4. The van der Waals surface area contributed by atoms with Crippen molar-refractivity contribution in [2.75, 3.05) is 13.1 Å². The number of hydrogen-bond donors (Lipinski definition) is 2. The lowest BCUT2D eigenvalue weighted by Gasteiger charge is -2.27. The van der Waals surface area contributed by atoms with Gasteiger partial charge in [-0.3, -0.25) is 15.5 Å². The van der Waals surface area contributed by atoms with Crippen LogP contribution in [0.5, 0.6) is 0 Å². The molecule has 0 spiro atoms. The zero-order valence-corrected chi connectivity index (χ0v) is 11.0. The number of aromatic amines is 1. The molecule has 100 valence electrons. The van der Waals surface area contributed by atoms with E-state index in [0.29, 0.717) is 0 Å². The molecule has 5 nitrogen and oxygen atoms in total. The van der Waals surface area contributed by atoms with Gasteiger partial charge in [-0.25, -0.2) is 5.01 Å². The van der Waals surface area contributed by atoms with E-state index in [0.717, 1.165) is 30.9 Å². The largest absolute Gasteiger partial charge is 0.277 e. The number of rotatable bonds is 4. The molecule has 0 saturated carbocycles. The van der Waals surface area contributed by atoms with Gasteiger partial charge in [-0.2, -0.15) is 5.10 Å². The van der Waals surface area contributed by atoms with E-state index in [2.05, 4.69) is 25.6 Å². The van der Waals surface area contributed by atoms with Gasteiger partial charge in [0.05, 0.1) is 11.9 Å². The van der Waals surface area contributed by atoms with E-state index in [-0.39, 0.29) is 0 Å². The zero-order valence-electron chi connectivity index (χ0n) is 11.0. The maximum atomic E-state index is 4.15. The minimum absolute atomic E-state index is 0.806. The van der Waals surface area contributed by atoms with Crippen LogP contribution in [-0.4, -0.2) is 33.3 Å². The topological polar surface area (TPSA) is 56.8 Å². The lowest BCUT2D eigenvalue weighted by atomic mass is 10.1. The van der Waals surface area contributed by atoms with Crippen LogP contribution in [0.2, 0.25) is 0 Å². The van der Waals surface area contributed by atoms with Crippen LogP contribution in [0.3, 0.4) is 0 Å². The highest BCUT2D eigenvalue weighted by Gasteiger charge is 2.12. The number of pyridine rings is 1. The molecule has 0 atom stereocenters. The van der Waals surface area contributed by atoms with Crippen LogP contribution in [0, 0.1) is 0 Å². The second kappa shape index (κ2) is 5.95. The van der Waals surface area contributed by atoms with E-state index >= 15 is 0 Å². The molecule has 0 aliphatic carbocycles. The quantitative estimate of drug-likeness (QED) is 0.879. The Morgan fingerprint density at radius 3 is 2.89 bits per heavy atom. The van der Waals surface area contributed by atoms with Crippen LogP contribution in [0.4, 0.5) is 0 Å². The lowest BCUT2D eigenvalue weighted by Crippen LogP contribution is -2.41. The highest BCUT2D eigenvalue weighted by atomic mass is 15.5. The summed E-state index contributed by atoms with van der Waals surface area (Å²) in [5, 5.41) is 9.52. The van der Waals surface area contributed by atoms with E-state index in [1.165, 1.54) is 24.8 Å². The first kappa shape index (κ1) is 12.3. The Bertz CT molecular complexity index is 502. The van der Waals surface area contributed by atoms with Crippen molar-refractivity contribution in [2.45, 2.75) is 25.8 Å². The molecule has 0 aromatic carbocycles. The molecule has 1 fully saturated rings. The molecule has 3 heterocycles. The van der Waals surface area contributed by atoms with Gasteiger partial charge >= 0.3 is 0 Å². The third-order valence-corrected chi connectivity index (χ3v) is 3.52. The van der Waals surface area contributed by atoms with Gasteiger partial charge in [-0.1, -0.05) is 6.42 Å². The van der Waals surface area contributed by atoms with Crippen molar-refractivity contribution < 1.29 is 0 Å². The second-order valence-electron chi connectivity index (χ2n) is 4.89. The van der Waals surface area contributed by atoms with Gasteiger partial charge < -0.3 is 0 Å². The molecule has 5 heteroatoms. The minimum atomic E-state index is 0.806. The Kier molecular flexibility index (Phi) is 3.86. The number of hydrazine groups is 1. The summed E-state index contributed by atoms with van der Waals surface area (Å²) < 4.78 is 0. The lowest BCUT2D eigenvalue weighted by molar-refractivity contribution is 0.151. The van der Waals surface area contributed by atoms with E-state index in [1.54, 1.807) is 6.20 Å². The smallest absolute Gasteiger partial charge is 0.0711 e. The highest BCUT2D eigenvalue weighted by Crippen LogP contribution is 2.19. The fraction of sp³-hybridized carbons (Fsp3) is 0.429. The third-order valence-electron chi connectivity index (χ3n) is 3.52. The van der Waals surface area contributed by atoms with Gasteiger partial charge in [0.2, 0.25) is 0 Å². The van der Waals surface area contributed by atoms with E-state index in [1.807, 2.05) is 24.5 Å². The molecular weight excluding hydrogens is 238 g/mol. The number of piperidine rings is 1. The summed E-state index contributed by atoms with van der Waals surface area (Å²) in [4.78, 5) is 4.15. The third kappa shape index (κ3) is 3.00. The summed E-state index contributed by atoms with van der Waals surface area (Å²) in [7, 11) is 0. The average Bonchev–Trinajstić information content (AvgIpc) is 2.95. The molecule has 3 rings (SSSR count). The SMILES string of the molecule is c1cncc(-c2[nH]ncc2CNN2CCCCC2)c1. The average molecular weight is 257 g/mol. The summed E-state index contributed by atoms with van der Waals surface area (Å²) in [6, 6.07) is 3.99. The Morgan fingerprint density at radius 1 is 1.21 bits per heavy atom.